The van der Waals surface area contributed by atoms with Crippen molar-refractivity contribution in [1.82, 2.24) is 0 Å². The second-order valence-corrected chi connectivity index (χ2v) is 3.79. The standard InChI is InChI=1S/C7H9NS/c1-7(2)3-4-9-6(7)5-8/h3-4,6H,1-2H3. The summed E-state index contributed by atoms with van der Waals surface area (Å²) in [6.45, 7) is 4.16. The summed E-state index contributed by atoms with van der Waals surface area (Å²) in [5.41, 5.74) is 0.0828. The van der Waals surface area contributed by atoms with Crippen LogP contribution in [-0.4, -0.2) is 5.25 Å². The van der Waals surface area contributed by atoms with Gasteiger partial charge in [-0.1, -0.05) is 19.9 Å². The topological polar surface area (TPSA) is 23.8 Å². The van der Waals surface area contributed by atoms with Crippen LogP contribution in [0.25, 0.3) is 0 Å². The van der Waals surface area contributed by atoms with Gasteiger partial charge in [0.1, 0.15) is 5.25 Å². The van der Waals surface area contributed by atoms with E-state index in [0.717, 1.165) is 0 Å². The van der Waals surface area contributed by atoms with E-state index in [1.54, 1.807) is 11.8 Å². The molecule has 0 saturated heterocycles. The maximum Gasteiger partial charge on any atom is 0.104 e. The highest BCUT2D eigenvalue weighted by Gasteiger charge is 2.30. The lowest BCUT2D eigenvalue weighted by Gasteiger charge is -2.17. The number of hydrogen-bond donors (Lipinski definition) is 0. The highest BCUT2D eigenvalue weighted by atomic mass is 32.2. The summed E-state index contributed by atoms with van der Waals surface area (Å²) < 4.78 is 0. The third-order valence-corrected chi connectivity index (χ3v) is 2.78. The molecule has 0 fully saturated rings. The fourth-order valence-electron chi connectivity index (χ4n) is 0.753. The summed E-state index contributed by atoms with van der Waals surface area (Å²) >= 11 is 1.61. The molecule has 1 aliphatic heterocycles. The molecular weight excluding hydrogens is 130 g/mol. The van der Waals surface area contributed by atoms with E-state index in [1.807, 2.05) is 5.41 Å². The van der Waals surface area contributed by atoms with E-state index in [-0.39, 0.29) is 10.7 Å². The lowest BCUT2D eigenvalue weighted by atomic mass is 9.90. The first-order valence-corrected chi connectivity index (χ1v) is 3.84. The van der Waals surface area contributed by atoms with Crippen LogP contribution in [0.3, 0.4) is 0 Å². The molecule has 0 spiro atoms. The first-order chi connectivity index (χ1) is 4.17. The summed E-state index contributed by atoms with van der Waals surface area (Å²) in [6.07, 6.45) is 2.09. The van der Waals surface area contributed by atoms with E-state index in [4.69, 9.17) is 5.26 Å². The molecule has 0 amide bonds. The van der Waals surface area contributed by atoms with E-state index in [0.29, 0.717) is 0 Å². The minimum atomic E-state index is 0.0828. The quantitative estimate of drug-likeness (QED) is 0.513. The van der Waals surface area contributed by atoms with Crippen molar-refractivity contribution in [2.45, 2.75) is 19.1 Å². The first-order valence-electron chi connectivity index (χ1n) is 2.89. The van der Waals surface area contributed by atoms with Crippen LogP contribution >= 0.6 is 11.8 Å². The highest BCUT2D eigenvalue weighted by molar-refractivity contribution is 8.03. The number of allylic oxidation sites excluding steroid dienone is 1. The van der Waals surface area contributed by atoms with Gasteiger partial charge in [-0.25, -0.2) is 0 Å². The van der Waals surface area contributed by atoms with Crippen LogP contribution in [0.5, 0.6) is 0 Å². The Morgan fingerprint density at radius 2 is 2.33 bits per heavy atom. The molecule has 0 N–H and O–H groups in total. The SMILES string of the molecule is CC1(C)C=CSC1C#N. The number of thioether (sulfide) groups is 1. The molecule has 0 radical (unpaired) electrons. The lowest BCUT2D eigenvalue weighted by Crippen LogP contribution is -2.18. The van der Waals surface area contributed by atoms with Crippen molar-refractivity contribution in [3.05, 3.63) is 11.5 Å². The van der Waals surface area contributed by atoms with E-state index < -0.39 is 0 Å². The molecule has 2 heteroatoms. The van der Waals surface area contributed by atoms with Crippen molar-refractivity contribution in [1.29, 1.82) is 5.26 Å². The number of nitrogens with zero attached hydrogens (tertiary/aromatic N) is 1. The van der Waals surface area contributed by atoms with Gasteiger partial charge in [0, 0.05) is 5.41 Å². The van der Waals surface area contributed by atoms with Crippen molar-refractivity contribution in [3.8, 4) is 6.07 Å². The zero-order chi connectivity index (χ0) is 6.91. The van der Waals surface area contributed by atoms with Gasteiger partial charge in [-0.3, -0.25) is 0 Å². The molecule has 48 valence electrons. The van der Waals surface area contributed by atoms with Crippen LogP contribution < -0.4 is 0 Å². The Balaban J connectivity index is 2.75. The average molecular weight is 139 g/mol. The van der Waals surface area contributed by atoms with Crippen molar-refractivity contribution in [2.24, 2.45) is 5.41 Å². The minimum absolute atomic E-state index is 0.0828. The molecule has 0 aromatic rings. The zero-order valence-electron chi connectivity index (χ0n) is 5.59. The predicted octanol–water partition coefficient (Wildman–Crippen LogP) is 2.17. The average Bonchev–Trinajstić information content (AvgIpc) is 2.08. The fourth-order valence-corrected chi connectivity index (χ4v) is 1.83. The van der Waals surface area contributed by atoms with Crippen molar-refractivity contribution in [2.75, 3.05) is 0 Å². The van der Waals surface area contributed by atoms with E-state index >= 15 is 0 Å². The van der Waals surface area contributed by atoms with E-state index in [9.17, 15) is 0 Å². The van der Waals surface area contributed by atoms with E-state index in [2.05, 4.69) is 26.0 Å². The van der Waals surface area contributed by atoms with Gasteiger partial charge in [0.15, 0.2) is 0 Å². The summed E-state index contributed by atoms with van der Waals surface area (Å²) in [6, 6.07) is 2.25. The largest absolute Gasteiger partial charge is 0.197 e. The van der Waals surface area contributed by atoms with Crippen LogP contribution in [0.15, 0.2) is 11.5 Å². The van der Waals surface area contributed by atoms with Crippen molar-refractivity contribution in [3.63, 3.8) is 0 Å². The molecule has 0 aromatic heterocycles. The first kappa shape index (κ1) is 6.70. The monoisotopic (exact) mass is 139 g/mol. The van der Waals surface area contributed by atoms with Crippen molar-refractivity contribution < 1.29 is 0 Å². The molecule has 1 atom stereocenters. The van der Waals surface area contributed by atoms with Gasteiger partial charge in [0.05, 0.1) is 6.07 Å². The highest BCUT2D eigenvalue weighted by Crippen LogP contribution is 2.38. The molecule has 9 heavy (non-hydrogen) atoms. The van der Waals surface area contributed by atoms with Crippen LogP contribution in [0.2, 0.25) is 0 Å². The molecule has 0 aliphatic carbocycles. The Kier molecular flexibility index (Phi) is 1.54. The van der Waals surface area contributed by atoms with Crippen LogP contribution in [0.4, 0.5) is 0 Å². The molecule has 1 unspecified atom stereocenters. The molecular formula is C7H9NS. The number of rotatable bonds is 0. The van der Waals surface area contributed by atoms with Gasteiger partial charge in [0.2, 0.25) is 0 Å². The second-order valence-electron chi connectivity index (χ2n) is 2.77. The second kappa shape index (κ2) is 2.07. The van der Waals surface area contributed by atoms with Crippen LogP contribution in [-0.2, 0) is 0 Å². The fraction of sp³-hybridized carbons (Fsp3) is 0.571. The summed E-state index contributed by atoms with van der Waals surface area (Å²) in [7, 11) is 0. The number of nitriles is 1. The Hall–Kier alpha value is -0.420. The smallest absolute Gasteiger partial charge is 0.104 e. The minimum Gasteiger partial charge on any atom is -0.197 e. The van der Waals surface area contributed by atoms with Gasteiger partial charge in [-0.05, 0) is 5.41 Å². The Labute approximate surface area is 59.7 Å². The Morgan fingerprint density at radius 3 is 2.56 bits per heavy atom. The molecule has 1 rings (SSSR count). The van der Waals surface area contributed by atoms with Gasteiger partial charge in [-0.2, -0.15) is 5.26 Å². The molecule has 0 saturated carbocycles. The van der Waals surface area contributed by atoms with Crippen molar-refractivity contribution >= 4 is 11.8 Å². The van der Waals surface area contributed by atoms with Gasteiger partial charge >= 0.3 is 0 Å². The lowest BCUT2D eigenvalue weighted by molar-refractivity contribution is 0.516. The van der Waals surface area contributed by atoms with Crippen LogP contribution in [0, 0.1) is 16.7 Å². The third-order valence-electron chi connectivity index (χ3n) is 1.51. The normalized spacial score (nSPS) is 30.1. The summed E-state index contributed by atoms with van der Waals surface area (Å²) in [4.78, 5) is 0. The maximum atomic E-state index is 8.59. The van der Waals surface area contributed by atoms with Gasteiger partial charge in [-0.15, -0.1) is 11.8 Å². The molecule has 1 heterocycles. The maximum absolute atomic E-state index is 8.59. The zero-order valence-corrected chi connectivity index (χ0v) is 6.40. The Morgan fingerprint density at radius 1 is 1.67 bits per heavy atom. The molecule has 1 nitrogen and oxygen atoms in total. The molecule has 0 bridgehead atoms. The van der Waals surface area contributed by atoms with E-state index in [1.165, 1.54) is 0 Å². The molecule has 1 aliphatic rings. The third kappa shape index (κ3) is 1.11. The predicted molar refractivity (Wildman–Crippen MR) is 39.9 cm³/mol. The molecule has 0 aromatic carbocycles. The Bertz CT molecular complexity index is 176. The van der Waals surface area contributed by atoms with Gasteiger partial charge in [0.25, 0.3) is 0 Å². The van der Waals surface area contributed by atoms with Gasteiger partial charge < -0.3 is 0 Å². The number of hydrogen-bond acceptors (Lipinski definition) is 2. The summed E-state index contributed by atoms with van der Waals surface area (Å²) in [5.74, 6) is 0. The van der Waals surface area contributed by atoms with Crippen LogP contribution in [0.1, 0.15) is 13.8 Å². The summed E-state index contributed by atoms with van der Waals surface area (Å²) in [5, 5.41) is 10.7.